The second-order valence-electron chi connectivity index (χ2n) is 7.60. The van der Waals surface area contributed by atoms with Crippen molar-refractivity contribution in [2.75, 3.05) is 45.3 Å². The maximum absolute atomic E-state index is 13.0. The molecule has 1 aliphatic rings. The van der Waals surface area contributed by atoms with Crippen LogP contribution in [0.25, 0.3) is 0 Å². The van der Waals surface area contributed by atoms with Crippen molar-refractivity contribution in [3.8, 4) is 6.07 Å². The number of piperidine rings is 1. The third kappa shape index (κ3) is 4.69. The number of likely N-dealkylation sites (N-methyl/N-ethyl adjacent to an activating group) is 1. The number of rotatable bonds is 6. The number of hydrogen-bond acceptors (Lipinski definition) is 6. The van der Waals surface area contributed by atoms with Crippen molar-refractivity contribution in [2.45, 2.75) is 25.8 Å². The van der Waals surface area contributed by atoms with Crippen LogP contribution < -0.4 is 10.5 Å². The minimum Gasteiger partial charge on any atom is -0.383 e. The highest BCUT2D eigenvalue weighted by Crippen LogP contribution is 2.23. The third-order valence-electron chi connectivity index (χ3n) is 5.50. The normalized spacial score (nSPS) is 16.2. The molecular weight excluding hydrogens is 382 g/mol. The third-order valence-corrected chi connectivity index (χ3v) is 5.50. The summed E-state index contributed by atoms with van der Waals surface area (Å²) in [6, 6.07) is 8.59. The minimum absolute atomic E-state index is 0.0781. The van der Waals surface area contributed by atoms with Crippen molar-refractivity contribution in [2.24, 2.45) is 0 Å². The number of likely N-dealkylation sites (tertiary alicyclic amines) is 1. The molecule has 1 aromatic carbocycles. The Kier molecular flexibility index (Phi) is 6.85. The van der Waals surface area contributed by atoms with Gasteiger partial charge in [0, 0.05) is 45.4 Å². The van der Waals surface area contributed by atoms with Gasteiger partial charge >= 0.3 is 0 Å². The summed E-state index contributed by atoms with van der Waals surface area (Å²) in [5.41, 5.74) is 2.47. The Hall–Kier alpha value is -3.18. The quantitative estimate of drug-likeness (QED) is 0.725. The van der Waals surface area contributed by atoms with Crippen LogP contribution in [-0.4, -0.2) is 61.0 Å². The van der Waals surface area contributed by atoms with Gasteiger partial charge in [0.2, 0.25) is 0 Å². The van der Waals surface area contributed by atoms with Crippen molar-refractivity contribution >= 4 is 11.6 Å². The Morgan fingerprint density at radius 2 is 2.20 bits per heavy atom. The van der Waals surface area contributed by atoms with Crippen molar-refractivity contribution in [1.29, 1.82) is 5.26 Å². The zero-order valence-corrected chi connectivity index (χ0v) is 17.7. The highest BCUT2D eigenvalue weighted by atomic mass is 16.5. The van der Waals surface area contributed by atoms with Gasteiger partial charge in [0.25, 0.3) is 11.5 Å². The fourth-order valence-corrected chi connectivity index (χ4v) is 3.73. The maximum Gasteiger partial charge on any atom is 0.269 e. The summed E-state index contributed by atoms with van der Waals surface area (Å²) in [6.07, 6.45) is 3.28. The fraction of sp³-hybridized carbons (Fsp3) is 0.455. The highest BCUT2D eigenvalue weighted by molar-refractivity contribution is 5.95. The number of methoxy groups -OCH3 is 1. The molecule has 0 aliphatic carbocycles. The number of carbonyl (C=O) groups is 1. The van der Waals surface area contributed by atoms with E-state index in [0.717, 1.165) is 24.1 Å². The van der Waals surface area contributed by atoms with Crippen LogP contribution in [0.2, 0.25) is 0 Å². The molecule has 30 heavy (non-hydrogen) atoms. The molecule has 0 radical (unpaired) electrons. The lowest BCUT2D eigenvalue weighted by atomic mass is 10.0. The average Bonchev–Trinajstić information content (AvgIpc) is 2.76. The van der Waals surface area contributed by atoms with E-state index in [0.29, 0.717) is 37.4 Å². The highest BCUT2D eigenvalue weighted by Gasteiger charge is 2.27. The Balaban J connectivity index is 1.75. The van der Waals surface area contributed by atoms with E-state index in [9.17, 15) is 9.59 Å². The molecular formula is C22H27N5O3. The molecule has 1 aromatic heterocycles. The largest absolute Gasteiger partial charge is 0.383 e. The van der Waals surface area contributed by atoms with Crippen molar-refractivity contribution < 1.29 is 9.53 Å². The number of aryl methyl sites for hydroxylation is 1. The van der Waals surface area contributed by atoms with Crippen LogP contribution in [0.4, 0.5) is 5.69 Å². The van der Waals surface area contributed by atoms with Crippen LogP contribution in [-0.2, 0) is 4.74 Å². The van der Waals surface area contributed by atoms with Gasteiger partial charge in [0.15, 0.2) is 0 Å². The number of amides is 1. The van der Waals surface area contributed by atoms with E-state index in [2.05, 4.69) is 11.2 Å². The summed E-state index contributed by atoms with van der Waals surface area (Å²) in [5, 5.41) is 13.4. The van der Waals surface area contributed by atoms with Gasteiger partial charge in [-0.3, -0.25) is 9.59 Å². The summed E-state index contributed by atoms with van der Waals surface area (Å²) < 4.78 is 6.56. The van der Waals surface area contributed by atoms with Crippen molar-refractivity contribution in [1.82, 2.24) is 14.7 Å². The van der Waals surface area contributed by atoms with E-state index < -0.39 is 0 Å². The summed E-state index contributed by atoms with van der Waals surface area (Å²) in [6.45, 7) is 4.14. The number of benzene rings is 1. The fourth-order valence-electron chi connectivity index (χ4n) is 3.73. The Labute approximate surface area is 176 Å². The van der Waals surface area contributed by atoms with Gasteiger partial charge in [-0.05, 0) is 43.5 Å². The molecule has 3 rings (SSSR count). The molecule has 1 atom stereocenters. The Bertz CT molecular complexity index is 1010. The first-order chi connectivity index (χ1) is 14.4. The first-order valence-electron chi connectivity index (χ1n) is 10.0. The van der Waals surface area contributed by atoms with Gasteiger partial charge in [0.05, 0.1) is 36.2 Å². The van der Waals surface area contributed by atoms with Crippen LogP contribution in [0.3, 0.4) is 0 Å². The van der Waals surface area contributed by atoms with E-state index in [4.69, 9.17) is 10.00 Å². The molecule has 1 aliphatic heterocycles. The van der Waals surface area contributed by atoms with E-state index in [-0.39, 0.29) is 17.5 Å². The predicted octanol–water partition coefficient (Wildman–Crippen LogP) is 1.98. The number of aromatic nitrogens is 2. The van der Waals surface area contributed by atoms with Crippen molar-refractivity contribution in [3.63, 3.8) is 0 Å². The zero-order chi connectivity index (χ0) is 21.7. The lowest BCUT2D eigenvalue weighted by Crippen LogP contribution is -2.43. The summed E-state index contributed by atoms with van der Waals surface area (Å²) >= 11 is 0. The number of carbonyl (C=O) groups excluding carboxylic acids is 1. The molecule has 0 unspecified atom stereocenters. The van der Waals surface area contributed by atoms with Gasteiger partial charge in [-0.2, -0.15) is 10.4 Å². The minimum atomic E-state index is -0.175. The first kappa shape index (κ1) is 21.5. The van der Waals surface area contributed by atoms with Gasteiger partial charge in [0.1, 0.15) is 0 Å². The van der Waals surface area contributed by atoms with Gasteiger partial charge in [-0.15, -0.1) is 0 Å². The molecule has 8 heteroatoms. The van der Waals surface area contributed by atoms with E-state index >= 15 is 0 Å². The molecule has 1 amide bonds. The molecule has 0 N–H and O–H groups in total. The first-order valence-corrected chi connectivity index (χ1v) is 10.0. The average molecular weight is 409 g/mol. The lowest BCUT2D eigenvalue weighted by Gasteiger charge is -2.33. The molecule has 1 fully saturated rings. The number of hydrogen-bond donors (Lipinski definition) is 0. The van der Waals surface area contributed by atoms with E-state index in [1.807, 2.05) is 18.9 Å². The van der Waals surface area contributed by atoms with Gasteiger partial charge in [-0.1, -0.05) is 0 Å². The van der Waals surface area contributed by atoms with E-state index in [1.54, 1.807) is 42.5 Å². The Morgan fingerprint density at radius 3 is 2.87 bits per heavy atom. The van der Waals surface area contributed by atoms with Gasteiger partial charge in [-0.25, -0.2) is 4.68 Å². The summed E-state index contributed by atoms with van der Waals surface area (Å²) in [7, 11) is 3.53. The van der Waals surface area contributed by atoms with Crippen LogP contribution in [0, 0.1) is 18.3 Å². The standard InChI is InChI=1S/C22H27N5O3/c1-16-11-17(13-23)6-7-20(16)22(29)26-8-4-5-18(15-26)27-21(28)12-19(14-24-27)25(2)9-10-30-3/h6-7,11-12,14,18H,4-5,8-10,15H2,1-3H3/t18-/m0/s1. The van der Waals surface area contributed by atoms with Crippen molar-refractivity contribution in [3.05, 3.63) is 57.5 Å². The number of ether oxygens (including phenoxy) is 1. The number of anilines is 1. The zero-order valence-electron chi connectivity index (χ0n) is 17.7. The second-order valence-corrected chi connectivity index (χ2v) is 7.60. The van der Waals surface area contributed by atoms with Crippen LogP contribution >= 0.6 is 0 Å². The molecule has 2 heterocycles. The van der Waals surface area contributed by atoms with Crippen LogP contribution in [0.1, 0.15) is 40.4 Å². The summed E-state index contributed by atoms with van der Waals surface area (Å²) in [4.78, 5) is 29.4. The SMILES string of the molecule is COCCN(C)c1cnn([C@H]2CCCN(C(=O)c3ccc(C#N)cc3C)C2)c(=O)c1. The molecule has 0 spiro atoms. The molecule has 158 valence electrons. The van der Waals surface area contributed by atoms with Crippen LogP contribution in [0.15, 0.2) is 35.3 Å². The van der Waals surface area contributed by atoms with E-state index in [1.165, 1.54) is 4.68 Å². The second kappa shape index (κ2) is 9.55. The Morgan fingerprint density at radius 1 is 1.40 bits per heavy atom. The molecule has 0 saturated carbocycles. The lowest BCUT2D eigenvalue weighted by molar-refractivity contribution is 0.0669. The molecule has 8 nitrogen and oxygen atoms in total. The van der Waals surface area contributed by atoms with Gasteiger partial charge < -0.3 is 14.5 Å². The smallest absolute Gasteiger partial charge is 0.269 e. The molecule has 2 aromatic rings. The number of nitrogens with zero attached hydrogens (tertiary/aromatic N) is 5. The molecule has 1 saturated heterocycles. The monoisotopic (exact) mass is 409 g/mol. The summed E-state index contributed by atoms with van der Waals surface area (Å²) in [5.74, 6) is -0.0781. The topological polar surface area (TPSA) is 91.5 Å². The predicted molar refractivity (Wildman–Crippen MR) is 114 cm³/mol. The number of nitriles is 1. The maximum atomic E-state index is 13.0. The molecule has 0 bridgehead atoms. The van der Waals surface area contributed by atoms with Crippen LogP contribution in [0.5, 0.6) is 0 Å².